The van der Waals surface area contributed by atoms with Crippen LogP contribution >= 0.6 is 0 Å². The van der Waals surface area contributed by atoms with Crippen molar-refractivity contribution in [1.82, 2.24) is 0 Å². The molecule has 13 aliphatic rings. The molecule has 0 radical (unpaired) electrons. The molecule has 2 aromatic carbocycles. The maximum Gasteiger partial charge on any atom is 0.306 e. The van der Waals surface area contributed by atoms with E-state index >= 15 is 0 Å². The van der Waals surface area contributed by atoms with E-state index in [4.69, 9.17) is 14.2 Å². The topological polar surface area (TPSA) is 85.4 Å². The Labute approximate surface area is 321 Å². The van der Waals surface area contributed by atoms with E-state index in [-0.39, 0.29) is 40.9 Å². The van der Waals surface area contributed by atoms with Crippen molar-refractivity contribution in [2.45, 2.75) is 136 Å². The highest BCUT2D eigenvalue weighted by Crippen LogP contribution is 2.69. The van der Waals surface area contributed by atoms with E-state index in [1.54, 1.807) is 0 Å². The molecule has 13 bridgehead atoms. The molecule has 0 unspecified atom stereocenters. The van der Waals surface area contributed by atoms with E-state index in [0.29, 0.717) is 67.6 Å². The van der Waals surface area contributed by atoms with Gasteiger partial charge in [-0.25, -0.2) is 0 Å². The van der Waals surface area contributed by atoms with E-state index in [2.05, 4.69) is 67.0 Å². The van der Waals surface area contributed by atoms with Gasteiger partial charge in [0.2, 0.25) is 0 Å². The third-order valence-electron chi connectivity index (χ3n) is 16.3. The van der Waals surface area contributed by atoms with Crippen molar-refractivity contribution in [2.24, 2.45) is 46.3 Å². The summed E-state index contributed by atoms with van der Waals surface area (Å²) in [5.41, 5.74) is 7.55. The molecule has 54 heavy (non-hydrogen) atoms. The number of fused-ring (bicyclic) bond motifs is 2. The average molecular weight is 737 g/mol. The predicted octanol–water partition coefficient (Wildman–Crippen LogP) is 8.54. The molecule has 290 valence electrons. The van der Waals surface area contributed by atoms with Crippen molar-refractivity contribution < 1.29 is 28.6 Å². The summed E-state index contributed by atoms with van der Waals surface area (Å²) < 4.78 is 18.1. The summed E-state index contributed by atoms with van der Waals surface area (Å²) >= 11 is 0. The minimum Gasteiger partial charge on any atom is -0.469 e. The van der Waals surface area contributed by atoms with Gasteiger partial charge >= 0.3 is 17.9 Å². The van der Waals surface area contributed by atoms with Crippen LogP contribution < -0.4 is 9.80 Å². The van der Waals surface area contributed by atoms with Gasteiger partial charge in [-0.2, -0.15) is 0 Å². The molecular weight excluding hydrogens is 677 g/mol. The first kappa shape index (κ1) is 36.1. The molecule has 0 amide bonds. The zero-order valence-electron chi connectivity index (χ0n) is 32.9. The van der Waals surface area contributed by atoms with Crippen LogP contribution in [0.3, 0.4) is 0 Å². The number of carbonyl (C=O) groups is 3. The van der Waals surface area contributed by atoms with Gasteiger partial charge in [-0.15, -0.1) is 0 Å². The Balaban J connectivity index is 1.03. The van der Waals surface area contributed by atoms with Crippen molar-refractivity contribution in [1.29, 1.82) is 0 Å². The lowest BCUT2D eigenvalue weighted by molar-refractivity contribution is -0.199. The molecule has 9 aliphatic heterocycles. The van der Waals surface area contributed by atoms with E-state index in [9.17, 15) is 14.4 Å². The molecule has 8 nitrogen and oxygen atoms in total. The Morgan fingerprint density at radius 2 is 1.50 bits per heavy atom. The summed E-state index contributed by atoms with van der Waals surface area (Å²) in [5.74, 6) is 2.50. The zero-order valence-corrected chi connectivity index (χ0v) is 32.9. The predicted molar refractivity (Wildman–Crippen MR) is 208 cm³/mol. The number of carbonyl (C=O) groups excluding carboxylic acids is 3. The number of hydrogen-bond donors (Lipinski definition) is 0. The van der Waals surface area contributed by atoms with Gasteiger partial charge in [0.1, 0.15) is 12.2 Å². The van der Waals surface area contributed by atoms with Crippen LogP contribution in [0.1, 0.15) is 120 Å². The number of anilines is 2. The van der Waals surface area contributed by atoms with Crippen LogP contribution in [0, 0.1) is 46.3 Å². The van der Waals surface area contributed by atoms with Crippen LogP contribution in [-0.4, -0.2) is 43.9 Å². The van der Waals surface area contributed by atoms with Gasteiger partial charge in [0.25, 0.3) is 0 Å². The van der Waals surface area contributed by atoms with Gasteiger partial charge in [0.05, 0.1) is 13.8 Å². The Hall–Kier alpha value is -3.55. The first-order valence-corrected chi connectivity index (χ1v) is 21.2. The van der Waals surface area contributed by atoms with E-state index in [1.165, 1.54) is 53.6 Å². The molecule has 0 N–H and O–H groups in total. The minimum absolute atomic E-state index is 0.0181. The van der Waals surface area contributed by atoms with Gasteiger partial charge in [0, 0.05) is 49.1 Å². The van der Waals surface area contributed by atoms with Crippen molar-refractivity contribution in [3.05, 3.63) is 58.7 Å². The SMILES string of the molecule is COC(=O)CC[C@@H](C)[C@H]1CC[C@H]2[C@@H]3CC[C@@H]4C[C@H]5CC[C@]4(C)[C@H]3C[C@H](OC(=O)CCc3ccc4c(c3)CN3CN4Cc4cc(ccc43)CCC(=O)O5)[C@]12C. The second-order valence-electron chi connectivity index (χ2n) is 18.9. The summed E-state index contributed by atoms with van der Waals surface area (Å²) in [6.45, 7) is 9.82. The summed E-state index contributed by atoms with van der Waals surface area (Å²) in [7, 11) is 1.47. The van der Waals surface area contributed by atoms with Crippen LogP contribution in [0.2, 0.25) is 0 Å². The summed E-state index contributed by atoms with van der Waals surface area (Å²) in [6.07, 6.45) is 11.7. The molecule has 4 aliphatic carbocycles. The molecule has 2 aromatic rings. The summed E-state index contributed by atoms with van der Waals surface area (Å²) in [4.78, 5) is 44.5. The molecular formula is C46H60N2O6. The van der Waals surface area contributed by atoms with Crippen molar-refractivity contribution in [3.63, 3.8) is 0 Å². The lowest BCUT2D eigenvalue weighted by Gasteiger charge is -2.62. The highest BCUT2D eigenvalue weighted by molar-refractivity contribution is 5.72. The number of aryl methyl sites for hydroxylation is 2. The van der Waals surface area contributed by atoms with Crippen LogP contribution in [-0.2, 0) is 54.5 Å². The Kier molecular flexibility index (Phi) is 9.28. The molecule has 10 atom stereocenters. The minimum atomic E-state index is -0.148. The van der Waals surface area contributed by atoms with Gasteiger partial charge < -0.3 is 24.0 Å². The van der Waals surface area contributed by atoms with E-state index in [1.807, 2.05) is 0 Å². The zero-order chi connectivity index (χ0) is 37.4. The van der Waals surface area contributed by atoms with Gasteiger partial charge in [-0.1, -0.05) is 45.0 Å². The van der Waals surface area contributed by atoms with Crippen molar-refractivity contribution in [2.75, 3.05) is 23.6 Å². The van der Waals surface area contributed by atoms with Crippen LogP contribution in [0.5, 0.6) is 0 Å². The third-order valence-corrected chi connectivity index (χ3v) is 16.3. The number of esters is 3. The molecule has 0 aromatic heterocycles. The number of rotatable bonds is 4. The number of nitrogens with zero attached hydrogens (tertiary/aromatic N) is 2. The van der Waals surface area contributed by atoms with Gasteiger partial charge in [-0.05, 0) is 146 Å². The molecule has 9 heterocycles. The molecule has 8 heteroatoms. The Morgan fingerprint density at radius 1 is 0.833 bits per heavy atom. The van der Waals surface area contributed by atoms with Gasteiger partial charge in [0.15, 0.2) is 0 Å². The highest BCUT2D eigenvalue weighted by atomic mass is 16.5. The normalized spacial score (nSPS) is 36.2. The number of ether oxygens (including phenoxy) is 3. The van der Waals surface area contributed by atoms with Crippen molar-refractivity contribution >= 4 is 29.3 Å². The number of benzene rings is 2. The molecule has 4 saturated carbocycles. The van der Waals surface area contributed by atoms with E-state index < -0.39 is 0 Å². The standard InChI is InChI=1S/C46H60N2O6/c1-28(5-16-42(49)52-4)36-12-13-37-35-11-10-33-23-34-19-20-45(33,2)38(35)24-41(46(36,37)3)54-44(51)18-9-30-7-15-40-32(22-30)26-48-27-47(40)25-31-21-29(6-14-39(31)48)8-17-43(50)53-34/h6-7,14-15,21-22,28,33-38,41H,5,8-13,16-20,23-27H2,1-4H3/t28-,33-,34-,35+,36-,37+,38+,41+,45+,46-/m1/s1. The first-order chi connectivity index (χ1) is 26.0. The fraction of sp³-hybridized carbons (Fsp3) is 0.674. The Morgan fingerprint density at radius 3 is 2.17 bits per heavy atom. The monoisotopic (exact) mass is 736 g/mol. The van der Waals surface area contributed by atoms with Crippen LogP contribution in [0.15, 0.2) is 36.4 Å². The summed E-state index contributed by atoms with van der Waals surface area (Å²) in [6, 6.07) is 13.5. The van der Waals surface area contributed by atoms with Crippen LogP contribution in [0.25, 0.3) is 0 Å². The van der Waals surface area contributed by atoms with Crippen molar-refractivity contribution in [3.8, 4) is 0 Å². The largest absolute Gasteiger partial charge is 0.469 e. The third kappa shape index (κ3) is 6.13. The smallest absolute Gasteiger partial charge is 0.306 e. The average Bonchev–Trinajstić information content (AvgIpc) is 3.53. The molecule has 0 spiro atoms. The first-order valence-electron chi connectivity index (χ1n) is 21.2. The number of methoxy groups -OCH3 is 1. The number of hydrogen-bond acceptors (Lipinski definition) is 8. The fourth-order valence-electron chi connectivity index (χ4n) is 13.5. The molecule has 15 rings (SSSR count). The lowest BCUT2D eigenvalue weighted by atomic mass is 9.43. The Bertz CT molecular complexity index is 1810. The second-order valence-corrected chi connectivity index (χ2v) is 18.9. The highest BCUT2D eigenvalue weighted by Gasteiger charge is 2.65. The molecule has 4 fully saturated rings. The fourth-order valence-corrected chi connectivity index (χ4v) is 13.5. The molecule has 0 saturated heterocycles. The summed E-state index contributed by atoms with van der Waals surface area (Å²) in [5, 5.41) is 0. The second kappa shape index (κ2) is 13.9. The quantitative estimate of drug-likeness (QED) is 0.228. The van der Waals surface area contributed by atoms with E-state index in [0.717, 1.165) is 64.7 Å². The van der Waals surface area contributed by atoms with Crippen LogP contribution in [0.4, 0.5) is 11.4 Å². The maximum atomic E-state index is 14.1. The lowest BCUT2D eigenvalue weighted by Crippen LogP contribution is -2.59. The maximum absolute atomic E-state index is 14.1. The van der Waals surface area contributed by atoms with Gasteiger partial charge in [-0.3, -0.25) is 14.4 Å².